The molecule has 0 fully saturated rings. The molecule has 142 valence electrons. The van der Waals surface area contributed by atoms with E-state index >= 15 is 0 Å². The normalized spacial score (nSPS) is 12.7. The van der Waals surface area contributed by atoms with Crippen LogP contribution in [0.2, 0.25) is 0 Å². The van der Waals surface area contributed by atoms with E-state index in [0.717, 1.165) is 12.6 Å². The largest absolute Gasteiger partial charge is 0.490 e. The molecule has 0 radical (unpaired) electrons. The highest BCUT2D eigenvalue weighted by atomic mass is 19.1. The van der Waals surface area contributed by atoms with Gasteiger partial charge in [0.05, 0.1) is 25.1 Å². The van der Waals surface area contributed by atoms with E-state index < -0.39 is 11.6 Å². The first-order valence-corrected chi connectivity index (χ1v) is 8.37. The molecule has 0 aliphatic carbocycles. The molecular weight excluding hydrogens is 340 g/mol. The number of pyridine rings is 1. The molecule has 0 saturated heterocycles. The fourth-order valence-corrected chi connectivity index (χ4v) is 2.44. The summed E-state index contributed by atoms with van der Waals surface area (Å²) in [6, 6.07) is 7.46. The number of halogens is 2. The van der Waals surface area contributed by atoms with E-state index in [1.165, 1.54) is 18.2 Å². The van der Waals surface area contributed by atoms with Gasteiger partial charge in [0.25, 0.3) is 0 Å². The lowest BCUT2D eigenvalue weighted by Crippen LogP contribution is -2.24. The fourth-order valence-electron chi connectivity index (χ4n) is 2.44. The maximum atomic E-state index is 14.3. The van der Waals surface area contributed by atoms with Crippen LogP contribution in [0, 0.1) is 23.5 Å². The standard InChI is InChI=1S/C19H23F2NO2.CH2O/c1-4-13(2)15(11-23-3)12-24-19-8-5-14(9-17(19)21)18-7-6-16(20)10-22-18;1-2/h5-10,13,15H,4,11-12H2,1-3H3;1H2/t13?,15-;/m1./s1. The van der Waals surface area contributed by atoms with Gasteiger partial charge in [-0.2, -0.15) is 0 Å². The van der Waals surface area contributed by atoms with E-state index in [1.54, 1.807) is 19.2 Å². The van der Waals surface area contributed by atoms with Gasteiger partial charge in [0.2, 0.25) is 0 Å². The lowest BCUT2D eigenvalue weighted by atomic mass is 9.93. The first-order chi connectivity index (χ1) is 12.5. The van der Waals surface area contributed by atoms with Gasteiger partial charge in [-0.1, -0.05) is 20.3 Å². The molecule has 0 aliphatic heterocycles. The summed E-state index contributed by atoms with van der Waals surface area (Å²) in [4.78, 5) is 12.0. The fraction of sp³-hybridized carbons (Fsp3) is 0.400. The van der Waals surface area contributed by atoms with Crippen molar-refractivity contribution in [1.82, 2.24) is 4.98 Å². The number of methoxy groups -OCH3 is 1. The average molecular weight is 365 g/mol. The Morgan fingerprint density at radius 2 is 1.88 bits per heavy atom. The van der Waals surface area contributed by atoms with Gasteiger partial charge < -0.3 is 14.3 Å². The van der Waals surface area contributed by atoms with Gasteiger partial charge in [-0.3, -0.25) is 4.98 Å². The second-order valence-corrected chi connectivity index (χ2v) is 5.92. The Hall–Kier alpha value is -2.34. The third-order valence-corrected chi connectivity index (χ3v) is 4.24. The maximum Gasteiger partial charge on any atom is 0.165 e. The van der Waals surface area contributed by atoms with E-state index in [1.807, 2.05) is 6.79 Å². The van der Waals surface area contributed by atoms with Crippen molar-refractivity contribution in [2.75, 3.05) is 20.3 Å². The summed E-state index contributed by atoms with van der Waals surface area (Å²) < 4.78 is 38.1. The molecule has 0 N–H and O–H groups in total. The van der Waals surface area contributed by atoms with Crippen LogP contribution in [0.15, 0.2) is 36.5 Å². The minimum Gasteiger partial charge on any atom is -0.490 e. The third kappa shape index (κ3) is 6.19. The lowest BCUT2D eigenvalue weighted by molar-refractivity contribution is -0.0979. The summed E-state index contributed by atoms with van der Waals surface area (Å²) in [5.74, 6) is -0.0499. The molecule has 0 bridgehead atoms. The molecule has 1 aromatic carbocycles. The Morgan fingerprint density at radius 3 is 2.42 bits per heavy atom. The molecule has 0 amide bonds. The Balaban J connectivity index is 0.00000163. The van der Waals surface area contributed by atoms with Gasteiger partial charge in [0, 0.05) is 18.6 Å². The van der Waals surface area contributed by atoms with Crippen molar-refractivity contribution < 1.29 is 23.0 Å². The number of benzene rings is 1. The van der Waals surface area contributed by atoms with Crippen LogP contribution in [0.5, 0.6) is 5.75 Å². The zero-order valence-electron chi connectivity index (χ0n) is 15.4. The number of rotatable bonds is 8. The molecule has 6 heteroatoms. The van der Waals surface area contributed by atoms with E-state index in [4.69, 9.17) is 14.3 Å². The average Bonchev–Trinajstić information content (AvgIpc) is 2.67. The quantitative estimate of drug-likeness (QED) is 0.690. The van der Waals surface area contributed by atoms with Crippen molar-refractivity contribution in [2.45, 2.75) is 20.3 Å². The van der Waals surface area contributed by atoms with E-state index in [0.29, 0.717) is 30.4 Å². The SMILES string of the molecule is C=O.CCC(C)[C@H](COC)COc1ccc(-c2ccc(F)cn2)cc1F. The van der Waals surface area contributed by atoms with Crippen molar-refractivity contribution >= 4 is 6.79 Å². The number of hydrogen-bond acceptors (Lipinski definition) is 4. The van der Waals surface area contributed by atoms with Crippen LogP contribution in [-0.2, 0) is 9.53 Å². The second-order valence-electron chi connectivity index (χ2n) is 5.92. The van der Waals surface area contributed by atoms with Crippen LogP contribution in [0.1, 0.15) is 20.3 Å². The van der Waals surface area contributed by atoms with Crippen molar-refractivity contribution in [3.63, 3.8) is 0 Å². The third-order valence-electron chi connectivity index (χ3n) is 4.24. The van der Waals surface area contributed by atoms with Crippen LogP contribution in [-0.4, -0.2) is 32.1 Å². The van der Waals surface area contributed by atoms with E-state index in [-0.39, 0.29) is 11.7 Å². The first kappa shape index (κ1) is 21.7. The molecule has 0 saturated carbocycles. The van der Waals surface area contributed by atoms with Crippen molar-refractivity contribution in [2.24, 2.45) is 11.8 Å². The zero-order valence-corrected chi connectivity index (χ0v) is 15.4. The highest BCUT2D eigenvalue weighted by Gasteiger charge is 2.17. The number of carbonyl (C=O) groups is 1. The van der Waals surface area contributed by atoms with Crippen molar-refractivity contribution in [1.29, 1.82) is 0 Å². The maximum absolute atomic E-state index is 14.3. The van der Waals surface area contributed by atoms with Crippen LogP contribution in [0.3, 0.4) is 0 Å². The minimum atomic E-state index is -0.459. The monoisotopic (exact) mass is 365 g/mol. The van der Waals surface area contributed by atoms with Gasteiger partial charge in [0.1, 0.15) is 12.6 Å². The topological polar surface area (TPSA) is 48.4 Å². The Morgan fingerprint density at radius 1 is 1.15 bits per heavy atom. The number of hydrogen-bond donors (Lipinski definition) is 0. The molecule has 1 heterocycles. The van der Waals surface area contributed by atoms with Gasteiger partial charge >= 0.3 is 0 Å². The minimum absolute atomic E-state index is 0.199. The predicted molar refractivity (Wildman–Crippen MR) is 97.0 cm³/mol. The lowest BCUT2D eigenvalue weighted by Gasteiger charge is -2.22. The van der Waals surface area contributed by atoms with Crippen LogP contribution >= 0.6 is 0 Å². The van der Waals surface area contributed by atoms with E-state index in [9.17, 15) is 8.78 Å². The molecule has 26 heavy (non-hydrogen) atoms. The second kappa shape index (κ2) is 11.3. The van der Waals surface area contributed by atoms with Gasteiger partial charge in [-0.25, -0.2) is 8.78 Å². The highest BCUT2D eigenvalue weighted by Crippen LogP contribution is 2.26. The molecular formula is C20H25F2NO3. The Labute approximate surface area is 153 Å². The van der Waals surface area contributed by atoms with Crippen LogP contribution < -0.4 is 4.74 Å². The molecule has 4 nitrogen and oxygen atoms in total. The Bertz CT molecular complexity index is 665. The van der Waals surface area contributed by atoms with Crippen LogP contribution in [0.25, 0.3) is 11.3 Å². The van der Waals surface area contributed by atoms with Crippen LogP contribution in [0.4, 0.5) is 8.78 Å². The first-order valence-electron chi connectivity index (χ1n) is 8.37. The molecule has 2 aromatic rings. The Kier molecular flexibility index (Phi) is 9.44. The van der Waals surface area contributed by atoms with Crippen molar-refractivity contribution in [3.8, 4) is 17.0 Å². The number of nitrogens with zero attached hydrogens (tertiary/aromatic N) is 1. The smallest absolute Gasteiger partial charge is 0.165 e. The molecule has 2 atom stereocenters. The highest BCUT2D eigenvalue weighted by molar-refractivity contribution is 5.60. The summed E-state index contributed by atoms with van der Waals surface area (Å²) in [6.07, 6.45) is 2.12. The predicted octanol–water partition coefficient (Wildman–Crippen LogP) is 4.53. The van der Waals surface area contributed by atoms with Gasteiger partial charge in [0.15, 0.2) is 11.6 Å². The number of ether oxygens (including phenoxy) is 2. The molecule has 0 spiro atoms. The number of carbonyl (C=O) groups excluding carboxylic acids is 1. The number of aromatic nitrogens is 1. The summed E-state index contributed by atoms with van der Waals surface area (Å²) in [5.41, 5.74) is 1.09. The molecule has 0 aliphatic rings. The summed E-state index contributed by atoms with van der Waals surface area (Å²) in [7, 11) is 1.65. The molecule has 2 rings (SSSR count). The van der Waals surface area contributed by atoms with Gasteiger partial charge in [-0.05, 0) is 36.2 Å². The summed E-state index contributed by atoms with van der Waals surface area (Å²) >= 11 is 0. The summed E-state index contributed by atoms with van der Waals surface area (Å²) in [5, 5.41) is 0. The van der Waals surface area contributed by atoms with Gasteiger partial charge in [-0.15, -0.1) is 0 Å². The van der Waals surface area contributed by atoms with Crippen molar-refractivity contribution in [3.05, 3.63) is 48.2 Å². The summed E-state index contributed by atoms with van der Waals surface area (Å²) in [6.45, 7) is 7.22. The zero-order chi connectivity index (χ0) is 19.5. The molecule has 1 aromatic heterocycles. The molecule has 1 unspecified atom stereocenters. The van der Waals surface area contributed by atoms with E-state index in [2.05, 4.69) is 18.8 Å².